The summed E-state index contributed by atoms with van der Waals surface area (Å²) in [6.45, 7) is 11.5. The van der Waals surface area contributed by atoms with Crippen LogP contribution in [0.15, 0.2) is 0 Å². The largest absolute Gasteiger partial charge is 1.00 e. The summed E-state index contributed by atoms with van der Waals surface area (Å²) in [4.78, 5) is 0. The molecular weight excluding hydrogens is 505 g/mol. The fourth-order valence-electron chi connectivity index (χ4n) is 4.41. The van der Waals surface area contributed by atoms with Crippen LogP contribution in [-0.4, -0.2) is 43.2 Å². The zero-order valence-electron chi connectivity index (χ0n) is 28.9. The molecule has 0 unspecified atom stereocenters. The van der Waals surface area contributed by atoms with Crippen LogP contribution in [0.5, 0.6) is 0 Å². The Hall–Kier alpha value is 0.805. The second-order valence-corrected chi connectivity index (χ2v) is 15.1. The molecule has 0 amide bonds. The van der Waals surface area contributed by atoms with E-state index in [0.29, 0.717) is 7.92 Å². The minimum Gasteiger partial charge on any atom is -0.871 e. The van der Waals surface area contributed by atoms with Gasteiger partial charge in [-0.25, -0.2) is 0 Å². The van der Waals surface area contributed by atoms with E-state index < -0.39 is 7.32 Å². The highest BCUT2D eigenvalue weighted by Crippen LogP contribution is 2.39. The molecule has 38 heavy (non-hydrogen) atoms. The lowest BCUT2D eigenvalue weighted by atomic mass is 10.1. The van der Waals surface area contributed by atoms with E-state index in [2.05, 4.69) is 34.6 Å². The molecule has 0 atom stereocenters. The maximum atomic E-state index is 8.53. The van der Waals surface area contributed by atoms with Gasteiger partial charge in [0.05, 0.1) is 7.32 Å². The van der Waals surface area contributed by atoms with E-state index >= 15 is 0 Å². The summed E-state index contributed by atoms with van der Waals surface area (Å²) in [7, 11) is -1.05. The average molecular weight is 579 g/mol. The Morgan fingerprint density at radius 1 is 0.474 bits per heavy atom. The molecule has 0 aromatic carbocycles. The standard InChI is InChI=1S/C24H51P.C8H19P.BHO3/c1-4-7-10-13-16-19-22-25(23-20-17-14-11-8-5-2)24-21-18-15-12-9-6-3;1-3-5-7-9-8-6-4-2;2-1(3)4/h4-24H2,1-3H3;9H,3-8H2,1-2H3;2H/q;;-2/p+2. The zero-order valence-corrected chi connectivity index (χ0v) is 28.8. The van der Waals surface area contributed by atoms with Gasteiger partial charge in [0.2, 0.25) is 0 Å². The van der Waals surface area contributed by atoms with E-state index in [4.69, 9.17) is 15.1 Å². The molecule has 232 valence electrons. The van der Waals surface area contributed by atoms with Crippen molar-refractivity contribution in [2.24, 2.45) is 0 Å². The van der Waals surface area contributed by atoms with Crippen LogP contribution in [0.4, 0.5) is 0 Å². The highest BCUT2D eigenvalue weighted by Gasteiger charge is 2.07. The molecule has 0 spiro atoms. The minimum atomic E-state index is -2.67. The third-order valence-electron chi connectivity index (χ3n) is 6.90. The summed E-state index contributed by atoms with van der Waals surface area (Å²) in [6, 6.07) is 0. The third kappa shape index (κ3) is 49.7. The lowest BCUT2D eigenvalue weighted by Crippen LogP contribution is -2.44. The van der Waals surface area contributed by atoms with Crippen molar-refractivity contribution in [1.82, 2.24) is 0 Å². The van der Waals surface area contributed by atoms with Gasteiger partial charge in [0.25, 0.3) is 0 Å². The second kappa shape index (κ2) is 42.3. The summed E-state index contributed by atoms with van der Waals surface area (Å²) >= 11 is 0. The average Bonchev–Trinajstić information content (AvgIpc) is 2.89. The van der Waals surface area contributed by atoms with Gasteiger partial charge >= 0.3 is 2.85 Å². The SMILES string of the molecule is CCCCCCCCP(CCCCCCCC)CCCCCCCC.CCCCPCCCC.[H+].[H+].[O-]B([O-])O. The van der Waals surface area contributed by atoms with Gasteiger partial charge in [-0.2, -0.15) is 0 Å². The molecule has 0 aliphatic rings. The van der Waals surface area contributed by atoms with Crippen molar-refractivity contribution in [2.45, 2.75) is 176 Å². The number of rotatable bonds is 27. The molecule has 0 aromatic heterocycles. The van der Waals surface area contributed by atoms with Gasteiger partial charge < -0.3 is 15.1 Å². The molecular formula is C32H73BO3P2. The zero-order chi connectivity index (χ0) is 29.0. The molecule has 0 aliphatic heterocycles. The molecule has 0 saturated carbocycles. The van der Waals surface area contributed by atoms with E-state index in [1.165, 1.54) is 162 Å². The van der Waals surface area contributed by atoms with Crippen LogP contribution in [-0.2, 0) is 0 Å². The van der Waals surface area contributed by atoms with Crippen molar-refractivity contribution in [3.63, 3.8) is 0 Å². The van der Waals surface area contributed by atoms with Crippen molar-refractivity contribution in [1.29, 1.82) is 0 Å². The van der Waals surface area contributed by atoms with Gasteiger partial charge in [0.15, 0.2) is 0 Å². The van der Waals surface area contributed by atoms with E-state index in [0.717, 1.165) is 0 Å². The monoisotopic (exact) mass is 579 g/mol. The van der Waals surface area contributed by atoms with Gasteiger partial charge in [-0.05, 0) is 62.9 Å². The smallest absolute Gasteiger partial charge is 0.871 e. The molecule has 0 aliphatic carbocycles. The van der Waals surface area contributed by atoms with Gasteiger partial charge in [-0.15, -0.1) is 16.5 Å². The number of hydrogen-bond donors (Lipinski definition) is 1. The summed E-state index contributed by atoms with van der Waals surface area (Å²) in [6.07, 6.45) is 39.9. The molecule has 0 aromatic rings. The first-order valence-corrected chi connectivity index (χ1v) is 20.2. The molecule has 0 bridgehead atoms. The van der Waals surface area contributed by atoms with Crippen LogP contribution in [0, 0.1) is 0 Å². The van der Waals surface area contributed by atoms with Crippen molar-refractivity contribution >= 4 is 23.8 Å². The summed E-state index contributed by atoms with van der Waals surface area (Å²) in [5.41, 5.74) is 0. The van der Waals surface area contributed by atoms with Gasteiger partial charge in [-0.3, -0.25) is 0 Å². The first kappa shape index (κ1) is 43.3. The predicted octanol–water partition coefficient (Wildman–Crippen LogP) is 9.72. The topological polar surface area (TPSA) is 66.3 Å². The van der Waals surface area contributed by atoms with Gasteiger partial charge in [0, 0.05) is 0 Å². The fraction of sp³-hybridized carbons (Fsp3) is 1.00. The van der Waals surface area contributed by atoms with E-state index in [1.54, 1.807) is 18.5 Å². The Bertz CT molecular complexity index is 341. The summed E-state index contributed by atoms with van der Waals surface area (Å²) in [5.74, 6) is 0. The lowest BCUT2D eigenvalue weighted by molar-refractivity contribution is -0.376. The Morgan fingerprint density at radius 3 is 0.974 bits per heavy atom. The van der Waals surface area contributed by atoms with Gasteiger partial charge in [0.1, 0.15) is 0 Å². The molecule has 0 radical (unpaired) electrons. The Kier molecular flexibility index (Phi) is 48.1. The first-order valence-electron chi connectivity index (χ1n) is 16.9. The Morgan fingerprint density at radius 2 is 0.711 bits per heavy atom. The van der Waals surface area contributed by atoms with Crippen molar-refractivity contribution in [3.8, 4) is 0 Å². The minimum absolute atomic E-state index is 0. The van der Waals surface area contributed by atoms with E-state index in [9.17, 15) is 0 Å². The first-order chi connectivity index (χ1) is 18.5. The van der Waals surface area contributed by atoms with Crippen LogP contribution in [0.3, 0.4) is 0 Å². The normalized spacial score (nSPS) is 10.7. The molecule has 3 nitrogen and oxygen atoms in total. The molecule has 0 fully saturated rings. The highest BCUT2D eigenvalue weighted by molar-refractivity contribution is 7.57. The van der Waals surface area contributed by atoms with Crippen molar-refractivity contribution < 1.29 is 17.9 Å². The summed E-state index contributed by atoms with van der Waals surface area (Å²) < 4.78 is 0. The number of unbranched alkanes of at least 4 members (excludes halogenated alkanes) is 17. The van der Waals surface area contributed by atoms with Crippen LogP contribution in [0.25, 0.3) is 0 Å². The van der Waals surface area contributed by atoms with Crippen LogP contribution in [0.1, 0.15) is 179 Å². The predicted molar refractivity (Wildman–Crippen MR) is 180 cm³/mol. The van der Waals surface area contributed by atoms with Crippen molar-refractivity contribution in [2.75, 3.05) is 30.8 Å². The Labute approximate surface area is 248 Å². The Balaban J connectivity index is -0.000000226. The maximum Gasteiger partial charge on any atom is 1.00 e. The van der Waals surface area contributed by atoms with Crippen LogP contribution in [0.2, 0.25) is 0 Å². The van der Waals surface area contributed by atoms with Crippen LogP contribution < -0.4 is 10.0 Å². The molecule has 6 heteroatoms. The van der Waals surface area contributed by atoms with Gasteiger partial charge in [-0.1, -0.05) is 144 Å². The fourth-order valence-corrected chi connectivity index (χ4v) is 8.55. The highest BCUT2D eigenvalue weighted by atomic mass is 31.1. The lowest BCUT2D eigenvalue weighted by Gasteiger charge is -2.18. The van der Waals surface area contributed by atoms with E-state index in [1.807, 2.05) is 0 Å². The second-order valence-electron chi connectivity index (χ2n) is 10.9. The molecule has 0 saturated heterocycles. The molecule has 0 rings (SSSR count). The van der Waals surface area contributed by atoms with Crippen molar-refractivity contribution in [3.05, 3.63) is 0 Å². The molecule has 0 heterocycles. The van der Waals surface area contributed by atoms with E-state index in [-0.39, 0.29) is 2.85 Å². The maximum absolute atomic E-state index is 8.53. The molecule has 1 N–H and O–H groups in total. The summed E-state index contributed by atoms with van der Waals surface area (Å²) in [5, 5.41) is 24.0. The number of hydrogen-bond acceptors (Lipinski definition) is 3. The third-order valence-corrected chi connectivity index (χ3v) is 11.2. The van der Waals surface area contributed by atoms with Crippen LogP contribution >= 0.6 is 16.5 Å². The quantitative estimate of drug-likeness (QED) is 0.0599.